The molecule has 3 fully saturated rings. The second-order valence-electron chi connectivity index (χ2n) is 12.3. The van der Waals surface area contributed by atoms with E-state index in [4.69, 9.17) is 18.9 Å². The van der Waals surface area contributed by atoms with Crippen LogP contribution < -0.4 is 0 Å². The third-order valence-electron chi connectivity index (χ3n) is 10.0. The summed E-state index contributed by atoms with van der Waals surface area (Å²) in [4.78, 5) is 40.7. The number of ketones is 1. The van der Waals surface area contributed by atoms with E-state index in [-0.39, 0.29) is 24.4 Å². The highest BCUT2D eigenvalue weighted by atomic mass is 16.6. The Balaban J connectivity index is 1.80. The quantitative estimate of drug-likeness (QED) is 0.436. The minimum absolute atomic E-state index is 0.0113. The molecule has 0 aromatic heterocycles. The number of hydrogen-bond acceptors (Lipinski definition) is 9. The number of fused-ring (bicyclic) bond motifs is 5. The fourth-order valence-corrected chi connectivity index (χ4v) is 7.87. The molecule has 0 amide bonds. The molecule has 39 heavy (non-hydrogen) atoms. The fraction of sp³-hybridized carbons (Fsp3) is 0.633. The van der Waals surface area contributed by atoms with Gasteiger partial charge < -0.3 is 29.2 Å². The number of benzene rings is 1. The normalized spacial score (nSPS) is 40.8. The van der Waals surface area contributed by atoms with Crippen molar-refractivity contribution in [3.8, 4) is 0 Å². The summed E-state index contributed by atoms with van der Waals surface area (Å²) in [5.41, 5.74) is -4.29. The Bertz CT molecular complexity index is 1220. The summed E-state index contributed by atoms with van der Waals surface area (Å²) in [6.45, 7) is 8.35. The predicted octanol–water partition coefficient (Wildman–Crippen LogP) is 2.77. The van der Waals surface area contributed by atoms with E-state index in [0.29, 0.717) is 24.0 Å². The second-order valence-corrected chi connectivity index (χ2v) is 12.3. The standard InChI is InChI=1S/C30H38O9/c1-16-19(32)14-30(35)25(38-26(34)18-10-8-7-9-11-18)23-28(5,24(33)22(36-6)21(16)27(30,3)4)13-12-20-29(23,15-37-20)39-17(2)31/h7-11,19-20,22-23,25,32,35H,12-15H2,1-6H3/t19-,20+,22+,23-,25-,28+,29-,30+/m0/s1. The molecule has 5 rings (SSSR count). The molecular weight excluding hydrogens is 504 g/mol. The number of aliphatic hydroxyl groups excluding tert-OH is 1. The molecule has 1 aromatic carbocycles. The van der Waals surface area contributed by atoms with Crippen molar-refractivity contribution in [3.05, 3.63) is 47.0 Å². The number of carbonyl (C=O) groups is 3. The fourth-order valence-electron chi connectivity index (χ4n) is 7.87. The molecule has 2 saturated carbocycles. The molecule has 4 aliphatic rings. The van der Waals surface area contributed by atoms with Crippen molar-refractivity contribution in [1.29, 1.82) is 0 Å². The largest absolute Gasteiger partial charge is 0.455 e. The summed E-state index contributed by atoms with van der Waals surface area (Å²) in [7, 11) is 1.44. The molecule has 1 saturated heterocycles. The van der Waals surface area contributed by atoms with Gasteiger partial charge in [-0.1, -0.05) is 39.0 Å². The summed E-state index contributed by atoms with van der Waals surface area (Å²) in [5.74, 6) is -2.50. The predicted molar refractivity (Wildman–Crippen MR) is 139 cm³/mol. The van der Waals surface area contributed by atoms with Gasteiger partial charge in [0.15, 0.2) is 11.4 Å². The lowest BCUT2D eigenvalue weighted by molar-refractivity contribution is -0.332. The van der Waals surface area contributed by atoms with Crippen molar-refractivity contribution < 1.29 is 43.5 Å². The van der Waals surface area contributed by atoms with Crippen LogP contribution in [-0.2, 0) is 28.5 Å². The SMILES string of the molecule is CO[C@H]1C(=O)[C@]2(C)CC[C@H]3OC[C@@]3(OC(C)=O)[C@H]2[C@H](OC(=O)c2ccccc2)[C@]2(O)C[C@H](O)C(C)=C1C2(C)C. The Hall–Kier alpha value is -2.59. The Morgan fingerprint density at radius 1 is 1.13 bits per heavy atom. The van der Waals surface area contributed by atoms with Gasteiger partial charge >= 0.3 is 11.9 Å². The Kier molecular flexibility index (Phi) is 6.61. The molecule has 0 radical (unpaired) electrons. The Morgan fingerprint density at radius 2 is 1.79 bits per heavy atom. The molecule has 0 unspecified atom stereocenters. The summed E-state index contributed by atoms with van der Waals surface area (Å²) < 4.78 is 24.0. The van der Waals surface area contributed by atoms with Crippen LogP contribution in [0.3, 0.4) is 0 Å². The number of Topliss-reactive ketones (excluding diaryl/α,β-unsaturated/α-hetero) is 1. The molecule has 2 N–H and O–H groups in total. The number of ether oxygens (including phenoxy) is 4. The number of methoxy groups -OCH3 is 1. The number of carbonyl (C=O) groups excluding carboxylic acids is 3. The molecule has 0 spiro atoms. The van der Waals surface area contributed by atoms with E-state index >= 15 is 0 Å². The van der Waals surface area contributed by atoms with Crippen LogP contribution in [0.1, 0.15) is 64.2 Å². The van der Waals surface area contributed by atoms with Crippen LogP contribution in [0, 0.1) is 16.7 Å². The molecule has 8 atom stereocenters. The van der Waals surface area contributed by atoms with E-state index in [9.17, 15) is 24.6 Å². The van der Waals surface area contributed by atoms with Crippen molar-refractivity contribution in [1.82, 2.24) is 0 Å². The van der Waals surface area contributed by atoms with Gasteiger partial charge in [-0.15, -0.1) is 0 Å². The first-order valence-corrected chi connectivity index (χ1v) is 13.5. The van der Waals surface area contributed by atoms with Gasteiger partial charge in [0.25, 0.3) is 0 Å². The highest BCUT2D eigenvalue weighted by Gasteiger charge is 2.75. The van der Waals surface area contributed by atoms with E-state index in [1.54, 1.807) is 58.0 Å². The van der Waals surface area contributed by atoms with Crippen LogP contribution in [0.2, 0.25) is 0 Å². The number of hydrogen-bond donors (Lipinski definition) is 2. The monoisotopic (exact) mass is 542 g/mol. The zero-order valence-electron chi connectivity index (χ0n) is 23.4. The highest BCUT2D eigenvalue weighted by molar-refractivity contribution is 5.93. The first kappa shape index (κ1) is 28.0. The first-order valence-electron chi connectivity index (χ1n) is 13.5. The molecule has 9 nitrogen and oxygen atoms in total. The van der Waals surface area contributed by atoms with E-state index in [2.05, 4.69) is 0 Å². The van der Waals surface area contributed by atoms with Crippen LogP contribution in [-0.4, -0.2) is 77.3 Å². The highest BCUT2D eigenvalue weighted by Crippen LogP contribution is 2.64. The maximum absolute atomic E-state index is 14.6. The van der Waals surface area contributed by atoms with Crippen molar-refractivity contribution in [2.75, 3.05) is 13.7 Å². The summed E-state index contributed by atoms with van der Waals surface area (Å²) in [6.07, 6.45) is -3.43. The van der Waals surface area contributed by atoms with Crippen LogP contribution in [0.4, 0.5) is 0 Å². The lowest BCUT2D eigenvalue weighted by Crippen LogP contribution is -2.79. The molecule has 9 heteroatoms. The van der Waals surface area contributed by atoms with E-state index in [1.807, 2.05) is 0 Å². The molecule has 3 aliphatic carbocycles. The topological polar surface area (TPSA) is 129 Å². The van der Waals surface area contributed by atoms with Gasteiger partial charge in [0.05, 0.1) is 24.2 Å². The third kappa shape index (κ3) is 3.77. The average Bonchev–Trinajstić information content (AvgIpc) is 2.87. The number of esters is 2. The summed E-state index contributed by atoms with van der Waals surface area (Å²) >= 11 is 0. The van der Waals surface area contributed by atoms with Gasteiger partial charge in [0, 0.05) is 31.3 Å². The number of aliphatic hydroxyl groups is 2. The van der Waals surface area contributed by atoms with Crippen molar-refractivity contribution >= 4 is 17.7 Å². The Morgan fingerprint density at radius 3 is 2.36 bits per heavy atom. The minimum Gasteiger partial charge on any atom is -0.455 e. The van der Waals surface area contributed by atoms with Crippen LogP contribution >= 0.6 is 0 Å². The zero-order chi connectivity index (χ0) is 28.5. The number of rotatable bonds is 4. The van der Waals surface area contributed by atoms with Crippen LogP contribution in [0.15, 0.2) is 41.5 Å². The minimum atomic E-state index is -1.86. The third-order valence-corrected chi connectivity index (χ3v) is 10.0. The maximum atomic E-state index is 14.6. The first-order chi connectivity index (χ1) is 18.2. The van der Waals surface area contributed by atoms with Crippen LogP contribution in [0.5, 0.6) is 0 Å². The van der Waals surface area contributed by atoms with Gasteiger partial charge in [0.2, 0.25) is 0 Å². The summed E-state index contributed by atoms with van der Waals surface area (Å²) in [6, 6.07) is 8.39. The van der Waals surface area contributed by atoms with Gasteiger partial charge in [0.1, 0.15) is 23.9 Å². The van der Waals surface area contributed by atoms with Gasteiger partial charge in [-0.3, -0.25) is 9.59 Å². The molecule has 212 valence electrons. The lowest BCUT2D eigenvalue weighted by atomic mass is 9.45. The average molecular weight is 543 g/mol. The van der Waals surface area contributed by atoms with Gasteiger partial charge in [-0.05, 0) is 43.0 Å². The molecule has 1 aliphatic heterocycles. The van der Waals surface area contributed by atoms with E-state index in [0.717, 1.165) is 0 Å². The molecule has 1 aromatic rings. The van der Waals surface area contributed by atoms with E-state index in [1.165, 1.54) is 14.0 Å². The summed E-state index contributed by atoms with van der Waals surface area (Å²) in [5, 5.41) is 24.0. The molecule has 2 bridgehead atoms. The molecular formula is C30H38O9. The van der Waals surface area contributed by atoms with Crippen molar-refractivity contribution in [3.63, 3.8) is 0 Å². The lowest BCUT2D eigenvalue weighted by Gasteiger charge is -2.66. The smallest absolute Gasteiger partial charge is 0.338 e. The Labute approximate surface area is 228 Å². The van der Waals surface area contributed by atoms with Crippen molar-refractivity contribution in [2.24, 2.45) is 16.7 Å². The maximum Gasteiger partial charge on any atom is 0.338 e. The van der Waals surface area contributed by atoms with Gasteiger partial charge in [-0.2, -0.15) is 0 Å². The van der Waals surface area contributed by atoms with E-state index < -0.39 is 64.3 Å². The molecule has 1 heterocycles. The second kappa shape index (κ2) is 9.23. The van der Waals surface area contributed by atoms with Gasteiger partial charge in [-0.25, -0.2) is 4.79 Å². The van der Waals surface area contributed by atoms with Crippen LogP contribution in [0.25, 0.3) is 0 Å². The van der Waals surface area contributed by atoms with Crippen molar-refractivity contribution in [2.45, 2.75) is 89.5 Å². The zero-order valence-corrected chi connectivity index (χ0v) is 23.4.